The third-order valence-electron chi connectivity index (χ3n) is 2.64. The molecule has 0 fully saturated rings. The lowest BCUT2D eigenvalue weighted by Crippen LogP contribution is -2.13. The highest BCUT2D eigenvalue weighted by molar-refractivity contribution is 5.98. The van der Waals surface area contributed by atoms with Crippen molar-refractivity contribution in [2.75, 3.05) is 0 Å². The first-order valence-electron chi connectivity index (χ1n) is 5.67. The van der Waals surface area contributed by atoms with Gasteiger partial charge in [-0.3, -0.25) is 0 Å². The number of nitrogens with zero attached hydrogens (tertiary/aromatic N) is 1. The normalized spacial score (nSPS) is 11.9. The molecule has 1 aromatic rings. The van der Waals surface area contributed by atoms with E-state index in [9.17, 15) is 0 Å². The molecular formula is C13H19NO2. The van der Waals surface area contributed by atoms with Gasteiger partial charge in [0.05, 0.1) is 11.8 Å². The van der Waals surface area contributed by atoms with Crippen LogP contribution in [0.1, 0.15) is 39.2 Å². The summed E-state index contributed by atoms with van der Waals surface area (Å²) in [7, 11) is 0. The third kappa shape index (κ3) is 3.26. The van der Waals surface area contributed by atoms with Crippen LogP contribution in [0.2, 0.25) is 0 Å². The van der Waals surface area contributed by atoms with Gasteiger partial charge in [0.15, 0.2) is 0 Å². The van der Waals surface area contributed by atoms with E-state index >= 15 is 0 Å². The van der Waals surface area contributed by atoms with E-state index in [2.05, 4.69) is 19.0 Å². The van der Waals surface area contributed by atoms with Crippen LogP contribution in [-0.4, -0.2) is 17.0 Å². The van der Waals surface area contributed by atoms with Crippen molar-refractivity contribution in [3.05, 3.63) is 29.8 Å². The van der Waals surface area contributed by atoms with Crippen LogP contribution in [0.4, 0.5) is 0 Å². The van der Waals surface area contributed by atoms with Crippen LogP contribution in [0.5, 0.6) is 5.75 Å². The Balaban J connectivity index is 2.71. The summed E-state index contributed by atoms with van der Waals surface area (Å²) in [4.78, 5) is 0. The van der Waals surface area contributed by atoms with E-state index in [1.807, 2.05) is 24.3 Å². The van der Waals surface area contributed by atoms with Gasteiger partial charge in [0, 0.05) is 0 Å². The van der Waals surface area contributed by atoms with Gasteiger partial charge in [-0.25, -0.2) is 0 Å². The van der Waals surface area contributed by atoms with Gasteiger partial charge in [-0.2, -0.15) is 0 Å². The summed E-state index contributed by atoms with van der Waals surface area (Å²) in [5.74, 6) is 0.864. The highest BCUT2D eigenvalue weighted by atomic mass is 16.5. The van der Waals surface area contributed by atoms with Gasteiger partial charge >= 0.3 is 0 Å². The van der Waals surface area contributed by atoms with E-state index in [-0.39, 0.29) is 6.10 Å². The molecule has 0 atom stereocenters. The smallest absolute Gasteiger partial charge is 0.119 e. The van der Waals surface area contributed by atoms with Crippen LogP contribution in [0.3, 0.4) is 0 Å². The quantitative estimate of drug-likeness (QED) is 0.470. The van der Waals surface area contributed by atoms with Crippen LogP contribution in [0, 0.1) is 0 Å². The molecule has 0 radical (unpaired) electrons. The van der Waals surface area contributed by atoms with Crippen molar-refractivity contribution in [3.8, 4) is 5.75 Å². The maximum Gasteiger partial charge on any atom is 0.119 e. The summed E-state index contributed by atoms with van der Waals surface area (Å²) < 4.78 is 5.78. The van der Waals surface area contributed by atoms with E-state index in [0.29, 0.717) is 5.71 Å². The average Bonchev–Trinajstić information content (AvgIpc) is 2.35. The van der Waals surface area contributed by atoms with Gasteiger partial charge in [0.2, 0.25) is 0 Å². The molecule has 88 valence electrons. The molecule has 1 rings (SSSR count). The second-order valence-electron chi connectivity index (χ2n) is 3.77. The standard InChI is InChI=1S/C13H19NO2/c1-4-12(5-2)16-13-8-6-11(7-9-13)10(3)14-15/h6-9,12,15H,4-5H2,1-3H3. The Kier molecular flexibility index (Phi) is 4.83. The molecular weight excluding hydrogens is 202 g/mol. The summed E-state index contributed by atoms with van der Waals surface area (Å²) in [6.07, 6.45) is 2.29. The molecule has 0 spiro atoms. The molecule has 0 aliphatic carbocycles. The molecule has 0 bridgehead atoms. The number of hydrogen-bond acceptors (Lipinski definition) is 3. The average molecular weight is 221 g/mol. The Bertz CT molecular complexity index is 339. The Morgan fingerprint density at radius 1 is 1.25 bits per heavy atom. The molecule has 0 amide bonds. The predicted molar refractivity (Wildman–Crippen MR) is 65.4 cm³/mol. The SMILES string of the molecule is CCC(CC)Oc1ccc(C(C)=NO)cc1. The van der Waals surface area contributed by atoms with Crippen LogP contribution < -0.4 is 4.74 Å². The minimum Gasteiger partial charge on any atom is -0.490 e. The number of ether oxygens (including phenoxy) is 1. The molecule has 0 unspecified atom stereocenters. The van der Waals surface area contributed by atoms with Gasteiger partial charge in [0.25, 0.3) is 0 Å². The van der Waals surface area contributed by atoms with Crippen molar-refractivity contribution in [1.29, 1.82) is 0 Å². The summed E-state index contributed by atoms with van der Waals surface area (Å²) in [6, 6.07) is 7.60. The van der Waals surface area contributed by atoms with Gasteiger partial charge in [-0.15, -0.1) is 0 Å². The van der Waals surface area contributed by atoms with E-state index in [1.165, 1.54) is 0 Å². The topological polar surface area (TPSA) is 41.8 Å². The first-order chi connectivity index (χ1) is 7.71. The van der Waals surface area contributed by atoms with Gasteiger partial charge in [-0.05, 0) is 49.6 Å². The molecule has 0 saturated heterocycles. The Labute approximate surface area is 96.7 Å². The number of rotatable bonds is 5. The molecule has 3 heteroatoms. The van der Waals surface area contributed by atoms with Crippen LogP contribution in [0.15, 0.2) is 29.4 Å². The molecule has 0 saturated carbocycles. The number of benzene rings is 1. The monoisotopic (exact) mass is 221 g/mol. The van der Waals surface area contributed by atoms with E-state index in [0.717, 1.165) is 24.2 Å². The van der Waals surface area contributed by atoms with Crippen LogP contribution in [-0.2, 0) is 0 Å². The van der Waals surface area contributed by atoms with Crippen molar-refractivity contribution in [1.82, 2.24) is 0 Å². The fourth-order valence-corrected chi connectivity index (χ4v) is 1.48. The van der Waals surface area contributed by atoms with Gasteiger partial charge in [-0.1, -0.05) is 19.0 Å². The zero-order valence-electron chi connectivity index (χ0n) is 10.1. The Morgan fingerprint density at radius 3 is 2.25 bits per heavy atom. The van der Waals surface area contributed by atoms with E-state index in [4.69, 9.17) is 9.94 Å². The molecule has 16 heavy (non-hydrogen) atoms. The maximum absolute atomic E-state index is 8.64. The zero-order valence-corrected chi connectivity index (χ0v) is 10.1. The summed E-state index contributed by atoms with van der Waals surface area (Å²) in [5.41, 5.74) is 1.51. The van der Waals surface area contributed by atoms with Crippen molar-refractivity contribution in [3.63, 3.8) is 0 Å². The molecule has 3 nitrogen and oxygen atoms in total. The van der Waals surface area contributed by atoms with E-state index < -0.39 is 0 Å². The van der Waals surface area contributed by atoms with E-state index in [1.54, 1.807) is 6.92 Å². The second-order valence-corrected chi connectivity index (χ2v) is 3.77. The Hall–Kier alpha value is -1.51. The predicted octanol–water partition coefficient (Wildman–Crippen LogP) is 3.45. The second kappa shape index (κ2) is 6.16. The first-order valence-corrected chi connectivity index (χ1v) is 5.67. The number of oxime groups is 1. The summed E-state index contributed by atoms with van der Waals surface area (Å²) in [6.45, 7) is 5.99. The minimum absolute atomic E-state index is 0.276. The lowest BCUT2D eigenvalue weighted by atomic mass is 10.1. The molecule has 0 aliphatic rings. The van der Waals surface area contributed by atoms with Crippen molar-refractivity contribution in [2.24, 2.45) is 5.16 Å². The highest BCUT2D eigenvalue weighted by Crippen LogP contribution is 2.16. The highest BCUT2D eigenvalue weighted by Gasteiger charge is 2.05. The van der Waals surface area contributed by atoms with Crippen LogP contribution in [0.25, 0.3) is 0 Å². The van der Waals surface area contributed by atoms with Crippen molar-refractivity contribution in [2.45, 2.75) is 39.7 Å². The zero-order chi connectivity index (χ0) is 12.0. The molecule has 1 N–H and O–H groups in total. The summed E-state index contributed by atoms with van der Waals surface area (Å²) >= 11 is 0. The van der Waals surface area contributed by atoms with Crippen molar-refractivity contribution < 1.29 is 9.94 Å². The number of hydrogen-bond donors (Lipinski definition) is 1. The lowest BCUT2D eigenvalue weighted by molar-refractivity contribution is 0.193. The maximum atomic E-state index is 8.64. The van der Waals surface area contributed by atoms with Crippen LogP contribution >= 0.6 is 0 Å². The fraction of sp³-hybridized carbons (Fsp3) is 0.462. The van der Waals surface area contributed by atoms with Gasteiger partial charge < -0.3 is 9.94 Å². The molecule has 0 heterocycles. The Morgan fingerprint density at radius 2 is 1.81 bits per heavy atom. The largest absolute Gasteiger partial charge is 0.490 e. The third-order valence-corrected chi connectivity index (χ3v) is 2.64. The fourth-order valence-electron chi connectivity index (χ4n) is 1.48. The lowest BCUT2D eigenvalue weighted by Gasteiger charge is -2.15. The molecule has 0 aromatic heterocycles. The summed E-state index contributed by atoms with van der Waals surface area (Å²) in [5, 5.41) is 11.8. The molecule has 0 aliphatic heterocycles. The van der Waals surface area contributed by atoms with Gasteiger partial charge in [0.1, 0.15) is 5.75 Å². The minimum atomic E-state index is 0.276. The molecule has 1 aromatic carbocycles. The van der Waals surface area contributed by atoms with Crippen molar-refractivity contribution >= 4 is 5.71 Å². The first kappa shape index (κ1) is 12.6.